The zero-order valence-electron chi connectivity index (χ0n) is 10.9. The maximum absolute atomic E-state index is 12.3. The van der Waals surface area contributed by atoms with Gasteiger partial charge in [-0.3, -0.25) is 4.79 Å². The van der Waals surface area contributed by atoms with Crippen LogP contribution in [0.3, 0.4) is 0 Å². The van der Waals surface area contributed by atoms with E-state index in [1.54, 1.807) is 0 Å². The first-order chi connectivity index (χ1) is 8.76. The smallest absolute Gasteiger partial charge is 0.227 e. The highest BCUT2D eigenvalue weighted by Gasteiger charge is 2.26. The molecular weight excluding hydrogens is 226 g/mol. The van der Waals surface area contributed by atoms with Crippen molar-refractivity contribution in [3.63, 3.8) is 0 Å². The van der Waals surface area contributed by atoms with Crippen molar-refractivity contribution >= 4 is 5.91 Å². The van der Waals surface area contributed by atoms with Gasteiger partial charge in [0.1, 0.15) is 0 Å². The second-order valence-corrected chi connectivity index (χ2v) is 4.94. The number of aryl methyl sites for hydroxylation is 1. The van der Waals surface area contributed by atoms with Crippen LogP contribution in [0.4, 0.5) is 0 Å². The van der Waals surface area contributed by atoms with Crippen molar-refractivity contribution in [3.05, 3.63) is 35.4 Å². The average Bonchev–Trinajstić information content (AvgIpc) is 2.43. The van der Waals surface area contributed by atoms with E-state index >= 15 is 0 Å². The van der Waals surface area contributed by atoms with Crippen LogP contribution in [0.1, 0.15) is 43.2 Å². The largest absolute Gasteiger partial charge is 0.394 e. The summed E-state index contributed by atoms with van der Waals surface area (Å²) in [5.74, 6) is 0.0126. The molecule has 1 amide bonds. The fourth-order valence-electron chi connectivity index (χ4n) is 2.60. The van der Waals surface area contributed by atoms with E-state index in [1.807, 2.05) is 19.1 Å². The van der Waals surface area contributed by atoms with E-state index in [-0.39, 0.29) is 24.5 Å². The first-order valence-corrected chi connectivity index (χ1v) is 6.75. The van der Waals surface area contributed by atoms with Crippen molar-refractivity contribution in [2.75, 3.05) is 6.61 Å². The molecule has 2 atom stereocenters. The molecule has 0 fully saturated rings. The highest BCUT2D eigenvalue weighted by molar-refractivity contribution is 5.84. The average molecular weight is 247 g/mol. The molecule has 0 aliphatic heterocycles. The molecule has 98 valence electrons. The summed E-state index contributed by atoms with van der Waals surface area (Å²) in [5.41, 5.74) is 2.45. The van der Waals surface area contributed by atoms with Gasteiger partial charge < -0.3 is 10.4 Å². The van der Waals surface area contributed by atoms with Crippen LogP contribution in [0.2, 0.25) is 0 Å². The highest BCUT2D eigenvalue weighted by Crippen LogP contribution is 2.31. The summed E-state index contributed by atoms with van der Waals surface area (Å²) in [6.07, 6.45) is 3.80. The summed E-state index contributed by atoms with van der Waals surface area (Å²) in [6.45, 7) is 1.98. The fourth-order valence-corrected chi connectivity index (χ4v) is 2.60. The zero-order chi connectivity index (χ0) is 13.0. The Balaban J connectivity index is 2.12. The Bertz CT molecular complexity index is 413. The number of fused-ring (bicyclic) bond motifs is 1. The molecule has 0 aromatic heterocycles. The van der Waals surface area contributed by atoms with Crippen molar-refractivity contribution in [1.82, 2.24) is 5.32 Å². The number of nitrogens with one attached hydrogen (secondary N) is 1. The van der Waals surface area contributed by atoms with E-state index in [1.165, 1.54) is 5.56 Å². The number of hydrogen-bond donors (Lipinski definition) is 2. The number of aliphatic hydroxyl groups excluding tert-OH is 1. The lowest BCUT2D eigenvalue weighted by Gasteiger charge is -2.26. The Kier molecular flexibility index (Phi) is 4.37. The Labute approximate surface area is 108 Å². The molecule has 0 saturated heterocycles. The normalized spacial score (nSPS) is 20.0. The monoisotopic (exact) mass is 247 g/mol. The van der Waals surface area contributed by atoms with E-state index in [4.69, 9.17) is 5.11 Å². The van der Waals surface area contributed by atoms with Crippen LogP contribution < -0.4 is 5.32 Å². The van der Waals surface area contributed by atoms with Crippen LogP contribution in [0.15, 0.2) is 24.3 Å². The van der Waals surface area contributed by atoms with Gasteiger partial charge in [0.15, 0.2) is 0 Å². The van der Waals surface area contributed by atoms with Gasteiger partial charge >= 0.3 is 0 Å². The van der Waals surface area contributed by atoms with E-state index < -0.39 is 0 Å². The lowest BCUT2D eigenvalue weighted by molar-refractivity contribution is -0.123. The van der Waals surface area contributed by atoms with Gasteiger partial charge in [-0.15, -0.1) is 0 Å². The van der Waals surface area contributed by atoms with Gasteiger partial charge in [0.25, 0.3) is 0 Å². The first kappa shape index (κ1) is 13.1. The minimum Gasteiger partial charge on any atom is -0.394 e. The van der Waals surface area contributed by atoms with Crippen LogP contribution in [0.25, 0.3) is 0 Å². The van der Waals surface area contributed by atoms with Crippen molar-refractivity contribution in [2.24, 2.45) is 0 Å². The maximum atomic E-state index is 12.3. The van der Waals surface area contributed by atoms with E-state index in [0.29, 0.717) is 0 Å². The summed E-state index contributed by atoms with van der Waals surface area (Å²) < 4.78 is 0. The van der Waals surface area contributed by atoms with E-state index in [2.05, 4.69) is 17.4 Å². The SMILES string of the molecule is CCC(CO)NC(=O)C1CCCc2ccccc21. The molecule has 2 unspecified atom stereocenters. The standard InChI is InChI=1S/C15H21NO2/c1-2-12(10-17)16-15(18)14-9-5-7-11-6-3-4-8-13(11)14/h3-4,6,8,12,14,17H,2,5,7,9-10H2,1H3,(H,16,18). The summed E-state index contributed by atoms with van der Waals surface area (Å²) in [4.78, 5) is 12.3. The predicted octanol–water partition coefficient (Wildman–Crippen LogP) is 1.99. The van der Waals surface area contributed by atoms with Gasteiger partial charge in [0.2, 0.25) is 5.91 Å². The summed E-state index contributed by atoms with van der Waals surface area (Å²) in [7, 11) is 0. The third-order valence-electron chi connectivity index (χ3n) is 3.75. The summed E-state index contributed by atoms with van der Waals surface area (Å²) >= 11 is 0. The maximum Gasteiger partial charge on any atom is 0.227 e. The Morgan fingerprint density at radius 3 is 3.00 bits per heavy atom. The molecule has 2 rings (SSSR count). The third kappa shape index (κ3) is 2.72. The van der Waals surface area contributed by atoms with Crippen LogP contribution in [0.5, 0.6) is 0 Å². The molecule has 0 heterocycles. The van der Waals surface area contributed by atoms with E-state index in [9.17, 15) is 4.79 Å². The molecule has 18 heavy (non-hydrogen) atoms. The lowest BCUT2D eigenvalue weighted by Crippen LogP contribution is -2.40. The minimum absolute atomic E-state index is 0.0105. The van der Waals surface area contributed by atoms with Crippen LogP contribution in [-0.4, -0.2) is 23.7 Å². The second kappa shape index (κ2) is 6.01. The zero-order valence-corrected chi connectivity index (χ0v) is 10.9. The first-order valence-electron chi connectivity index (χ1n) is 6.75. The number of benzene rings is 1. The molecule has 0 saturated carbocycles. The second-order valence-electron chi connectivity index (χ2n) is 4.94. The van der Waals surface area contributed by atoms with Gasteiger partial charge in [-0.25, -0.2) is 0 Å². The van der Waals surface area contributed by atoms with Gasteiger partial charge in [0.05, 0.1) is 18.6 Å². The quantitative estimate of drug-likeness (QED) is 0.855. The van der Waals surface area contributed by atoms with Crippen molar-refractivity contribution < 1.29 is 9.90 Å². The molecule has 1 aromatic rings. The molecule has 3 nitrogen and oxygen atoms in total. The lowest BCUT2D eigenvalue weighted by atomic mass is 9.82. The van der Waals surface area contributed by atoms with Crippen LogP contribution >= 0.6 is 0 Å². The number of rotatable bonds is 4. The third-order valence-corrected chi connectivity index (χ3v) is 3.75. The molecule has 1 aliphatic carbocycles. The molecule has 3 heteroatoms. The number of hydrogen-bond acceptors (Lipinski definition) is 2. The number of carbonyl (C=O) groups excluding carboxylic acids is 1. The van der Waals surface area contributed by atoms with Gasteiger partial charge in [-0.2, -0.15) is 0 Å². The molecule has 0 bridgehead atoms. The van der Waals surface area contributed by atoms with Crippen LogP contribution in [0, 0.1) is 0 Å². The van der Waals surface area contributed by atoms with Gasteiger partial charge in [-0.1, -0.05) is 31.2 Å². The Morgan fingerprint density at radius 1 is 1.50 bits per heavy atom. The molecular formula is C15H21NO2. The molecule has 0 spiro atoms. The van der Waals surface area contributed by atoms with Gasteiger partial charge in [0, 0.05) is 0 Å². The molecule has 1 aliphatic rings. The summed E-state index contributed by atoms with van der Waals surface area (Å²) in [5, 5.41) is 12.1. The Hall–Kier alpha value is -1.35. The molecule has 0 radical (unpaired) electrons. The van der Waals surface area contributed by atoms with Crippen molar-refractivity contribution in [3.8, 4) is 0 Å². The topological polar surface area (TPSA) is 49.3 Å². The number of aliphatic hydroxyl groups is 1. The Morgan fingerprint density at radius 2 is 2.28 bits per heavy atom. The van der Waals surface area contributed by atoms with Crippen molar-refractivity contribution in [2.45, 2.75) is 44.6 Å². The number of amides is 1. The predicted molar refractivity (Wildman–Crippen MR) is 71.4 cm³/mol. The van der Waals surface area contributed by atoms with Crippen molar-refractivity contribution in [1.29, 1.82) is 0 Å². The van der Waals surface area contributed by atoms with E-state index in [0.717, 1.165) is 31.2 Å². The minimum atomic E-state index is -0.119. The highest BCUT2D eigenvalue weighted by atomic mass is 16.3. The van der Waals surface area contributed by atoms with Gasteiger partial charge in [-0.05, 0) is 36.8 Å². The fraction of sp³-hybridized carbons (Fsp3) is 0.533. The molecule has 1 aromatic carbocycles. The van der Waals surface area contributed by atoms with Crippen LogP contribution in [-0.2, 0) is 11.2 Å². The molecule has 2 N–H and O–H groups in total. The number of carbonyl (C=O) groups is 1. The summed E-state index contributed by atoms with van der Waals surface area (Å²) in [6, 6.07) is 8.07.